The highest BCUT2D eigenvalue weighted by Gasteiger charge is 2.02. The van der Waals surface area contributed by atoms with Gasteiger partial charge in [-0.15, -0.1) is 5.10 Å². The molecule has 0 bridgehead atoms. The SMILES string of the molecule is CCCNCCCCCCn1nnc2ccccc21. The van der Waals surface area contributed by atoms with Crippen LogP contribution in [0.15, 0.2) is 24.3 Å². The minimum atomic E-state index is 0.975. The van der Waals surface area contributed by atoms with E-state index in [1.165, 1.54) is 32.1 Å². The number of nitrogens with zero attached hydrogens (tertiary/aromatic N) is 3. The molecule has 0 spiro atoms. The summed E-state index contributed by atoms with van der Waals surface area (Å²) in [4.78, 5) is 0. The summed E-state index contributed by atoms with van der Waals surface area (Å²) in [7, 11) is 0. The van der Waals surface area contributed by atoms with Gasteiger partial charge in [0.05, 0.1) is 5.52 Å². The maximum absolute atomic E-state index is 4.21. The summed E-state index contributed by atoms with van der Waals surface area (Å²) >= 11 is 0. The number of fused-ring (bicyclic) bond motifs is 1. The molecule has 0 atom stereocenters. The summed E-state index contributed by atoms with van der Waals surface area (Å²) < 4.78 is 2.02. The van der Waals surface area contributed by atoms with Gasteiger partial charge in [0.1, 0.15) is 5.52 Å². The monoisotopic (exact) mass is 260 g/mol. The molecular formula is C15H24N4. The van der Waals surface area contributed by atoms with Crippen molar-refractivity contribution in [3.63, 3.8) is 0 Å². The largest absolute Gasteiger partial charge is 0.317 e. The van der Waals surface area contributed by atoms with Gasteiger partial charge >= 0.3 is 0 Å². The summed E-state index contributed by atoms with van der Waals surface area (Å²) in [6, 6.07) is 8.15. The zero-order chi connectivity index (χ0) is 13.3. The van der Waals surface area contributed by atoms with E-state index in [0.717, 1.165) is 30.7 Å². The lowest BCUT2D eigenvalue weighted by Gasteiger charge is -2.04. The molecule has 0 aliphatic rings. The second-order valence-corrected chi connectivity index (χ2v) is 4.97. The molecule has 0 unspecified atom stereocenters. The third-order valence-electron chi connectivity index (χ3n) is 3.32. The normalized spacial score (nSPS) is 11.2. The van der Waals surface area contributed by atoms with Crippen LogP contribution in [0.4, 0.5) is 0 Å². The van der Waals surface area contributed by atoms with Crippen LogP contribution in [0, 0.1) is 0 Å². The van der Waals surface area contributed by atoms with Gasteiger partial charge in [-0.25, -0.2) is 4.68 Å². The number of hydrogen-bond acceptors (Lipinski definition) is 3. The second-order valence-electron chi connectivity index (χ2n) is 4.97. The number of hydrogen-bond donors (Lipinski definition) is 1. The number of nitrogens with one attached hydrogen (secondary N) is 1. The first kappa shape index (κ1) is 14.0. The summed E-state index contributed by atoms with van der Waals surface area (Å²) in [5.41, 5.74) is 2.14. The Labute approximate surface area is 115 Å². The minimum Gasteiger partial charge on any atom is -0.317 e. The van der Waals surface area contributed by atoms with Gasteiger partial charge in [0.15, 0.2) is 0 Å². The van der Waals surface area contributed by atoms with Gasteiger partial charge in [0.25, 0.3) is 0 Å². The highest BCUT2D eigenvalue weighted by Crippen LogP contribution is 2.11. The highest BCUT2D eigenvalue weighted by molar-refractivity contribution is 5.73. The number of rotatable bonds is 9. The Hall–Kier alpha value is -1.42. The molecule has 4 heteroatoms. The molecule has 0 saturated heterocycles. The Bertz CT molecular complexity index is 478. The van der Waals surface area contributed by atoms with Crippen molar-refractivity contribution in [1.82, 2.24) is 20.3 Å². The lowest BCUT2D eigenvalue weighted by atomic mass is 10.2. The number of para-hydroxylation sites is 1. The summed E-state index contributed by atoms with van der Waals surface area (Å²) in [5.74, 6) is 0. The first-order valence-electron chi connectivity index (χ1n) is 7.41. The third kappa shape index (κ3) is 4.31. The van der Waals surface area contributed by atoms with Crippen molar-refractivity contribution in [1.29, 1.82) is 0 Å². The van der Waals surface area contributed by atoms with Gasteiger partial charge in [0, 0.05) is 6.54 Å². The van der Waals surface area contributed by atoms with Gasteiger partial charge in [0.2, 0.25) is 0 Å². The third-order valence-corrected chi connectivity index (χ3v) is 3.32. The Balaban J connectivity index is 1.63. The second kappa shape index (κ2) is 7.89. The molecule has 0 aliphatic carbocycles. The van der Waals surface area contributed by atoms with Crippen LogP contribution in [0.3, 0.4) is 0 Å². The molecule has 0 saturated carbocycles. The molecule has 4 nitrogen and oxygen atoms in total. The van der Waals surface area contributed by atoms with Crippen LogP contribution < -0.4 is 5.32 Å². The number of benzene rings is 1. The minimum absolute atomic E-state index is 0.975. The Morgan fingerprint density at radius 3 is 2.79 bits per heavy atom. The molecule has 0 amide bonds. The van der Waals surface area contributed by atoms with Crippen molar-refractivity contribution >= 4 is 11.0 Å². The average molecular weight is 260 g/mol. The highest BCUT2D eigenvalue weighted by atomic mass is 15.4. The van der Waals surface area contributed by atoms with Crippen molar-refractivity contribution < 1.29 is 0 Å². The zero-order valence-corrected chi connectivity index (χ0v) is 11.8. The molecule has 104 valence electrons. The Kier molecular flexibility index (Phi) is 5.82. The molecule has 1 N–H and O–H groups in total. The van der Waals surface area contributed by atoms with Gasteiger partial charge in [-0.2, -0.15) is 0 Å². The zero-order valence-electron chi connectivity index (χ0n) is 11.8. The number of unbranched alkanes of at least 4 members (excludes halogenated alkanes) is 3. The van der Waals surface area contributed by atoms with Gasteiger partial charge in [-0.1, -0.05) is 37.1 Å². The maximum atomic E-state index is 4.21. The standard InChI is InChI=1S/C15H24N4/c1-2-11-16-12-7-3-4-8-13-19-15-10-6-5-9-14(15)17-18-19/h5-6,9-10,16H,2-4,7-8,11-13H2,1H3. The molecule has 0 fully saturated rings. The van der Waals surface area contributed by atoms with Crippen LogP contribution in [0.2, 0.25) is 0 Å². The van der Waals surface area contributed by atoms with Crippen molar-refractivity contribution in [3.05, 3.63) is 24.3 Å². The van der Waals surface area contributed by atoms with E-state index in [9.17, 15) is 0 Å². The van der Waals surface area contributed by atoms with Crippen LogP contribution in [-0.4, -0.2) is 28.1 Å². The van der Waals surface area contributed by atoms with E-state index in [0.29, 0.717) is 0 Å². The Morgan fingerprint density at radius 1 is 1.05 bits per heavy atom. The van der Waals surface area contributed by atoms with E-state index in [1.807, 2.05) is 22.9 Å². The first-order valence-corrected chi connectivity index (χ1v) is 7.41. The number of aromatic nitrogens is 3. The average Bonchev–Trinajstić information content (AvgIpc) is 2.85. The van der Waals surface area contributed by atoms with Crippen LogP contribution in [0.5, 0.6) is 0 Å². The van der Waals surface area contributed by atoms with E-state index in [4.69, 9.17) is 0 Å². The van der Waals surface area contributed by atoms with Gasteiger partial charge in [-0.3, -0.25) is 0 Å². The van der Waals surface area contributed by atoms with Crippen molar-refractivity contribution in [2.45, 2.75) is 45.6 Å². The fourth-order valence-corrected chi connectivity index (χ4v) is 2.25. The Morgan fingerprint density at radius 2 is 1.89 bits per heavy atom. The van der Waals surface area contributed by atoms with Crippen LogP contribution in [-0.2, 0) is 6.54 Å². The lowest BCUT2D eigenvalue weighted by molar-refractivity contribution is 0.523. The quantitative estimate of drug-likeness (QED) is 0.705. The molecule has 2 rings (SSSR count). The summed E-state index contributed by atoms with van der Waals surface area (Å²) in [6.45, 7) is 5.48. The summed E-state index contributed by atoms with van der Waals surface area (Å²) in [5, 5.41) is 11.8. The van der Waals surface area contributed by atoms with Crippen LogP contribution in [0.25, 0.3) is 11.0 Å². The molecule has 19 heavy (non-hydrogen) atoms. The molecular weight excluding hydrogens is 236 g/mol. The lowest BCUT2D eigenvalue weighted by Crippen LogP contribution is -2.15. The van der Waals surface area contributed by atoms with E-state index < -0.39 is 0 Å². The topological polar surface area (TPSA) is 42.7 Å². The van der Waals surface area contributed by atoms with Crippen LogP contribution in [0.1, 0.15) is 39.0 Å². The maximum Gasteiger partial charge on any atom is 0.113 e. The molecule has 0 aliphatic heterocycles. The van der Waals surface area contributed by atoms with E-state index in [-0.39, 0.29) is 0 Å². The summed E-state index contributed by atoms with van der Waals surface area (Å²) in [6.07, 6.45) is 6.24. The van der Waals surface area contributed by atoms with Gasteiger partial charge in [-0.05, 0) is 44.5 Å². The fourth-order valence-electron chi connectivity index (χ4n) is 2.25. The predicted octanol–water partition coefficient (Wildman–Crippen LogP) is 2.99. The molecule has 2 aromatic rings. The van der Waals surface area contributed by atoms with Crippen molar-refractivity contribution in [2.75, 3.05) is 13.1 Å². The predicted molar refractivity (Wildman–Crippen MR) is 79.2 cm³/mol. The van der Waals surface area contributed by atoms with E-state index in [1.54, 1.807) is 0 Å². The van der Waals surface area contributed by atoms with E-state index in [2.05, 4.69) is 28.6 Å². The molecule has 1 aromatic carbocycles. The molecule has 0 radical (unpaired) electrons. The molecule has 1 aromatic heterocycles. The number of aryl methyl sites for hydroxylation is 1. The smallest absolute Gasteiger partial charge is 0.113 e. The first-order chi connectivity index (χ1) is 9.42. The van der Waals surface area contributed by atoms with Crippen molar-refractivity contribution in [2.24, 2.45) is 0 Å². The molecule has 1 heterocycles. The van der Waals surface area contributed by atoms with Crippen LogP contribution >= 0.6 is 0 Å². The van der Waals surface area contributed by atoms with Crippen molar-refractivity contribution in [3.8, 4) is 0 Å². The van der Waals surface area contributed by atoms with Gasteiger partial charge < -0.3 is 5.32 Å². The fraction of sp³-hybridized carbons (Fsp3) is 0.600. The van der Waals surface area contributed by atoms with E-state index >= 15 is 0 Å².